The Bertz CT molecular complexity index is 352. The number of para-hydroxylation sites is 1. The Morgan fingerprint density at radius 1 is 0.810 bits per heavy atom. The summed E-state index contributed by atoms with van der Waals surface area (Å²) in [7, 11) is -1.55. The molecule has 1 unspecified atom stereocenters. The molecule has 0 radical (unpaired) electrons. The van der Waals surface area contributed by atoms with Gasteiger partial charge in [0.2, 0.25) is 8.32 Å². The molecule has 21 heavy (non-hydrogen) atoms. The fraction of sp³-hybridized carbons (Fsp3) is 0.684. The van der Waals surface area contributed by atoms with Crippen molar-refractivity contribution in [3.8, 4) is 5.75 Å². The fourth-order valence-corrected chi connectivity index (χ4v) is 5.01. The summed E-state index contributed by atoms with van der Waals surface area (Å²) in [5, 5.41) is 0. The van der Waals surface area contributed by atoms with Crippen LogP contribution in [0.25, 0.3) is 0 Å². The first-order valence-corrected chi connectivity index (χ1v) is 11.8. The van der Waals surface area contributed by atoms with Crippen LogP contribution in [0, 0.1) is 0 Å². The summed E-state index contributed by atoms with van der Waals surface area (Å²) in [6, 6.07) is 12.9. The first-order valence-electron chi connectivity index (χ1n) is 8.94. The maximum absolute atomic E-state index is 6.35. The van der Waals surface area contributed by atoms with Crippen molar-refractivity contribution in [3.63, 3.8) is 0 Å². The summed E-state index contributed by atoms with van der Waals surface area (Å²) in [4.78, 5) is 0. The average Bonchev–Trinajstić information content (AvgIpc) is 2.51. The van der Waals surface area contributed by atoms with Gasteiger partial charge in [-0.3, -0.25) is 0 Å². The molecule has 1 rings (SSSR count). The molecule has 0 aliphatic carbocycles. The molecule has 1 nitrogen and oxygen atoms in total. The van der Waals surface area contributed by atoms with Crippen molar-refractivity contribution in [1.82, 2.24) is 0 Å². The first-order chi connectivity index (χ1) is 10.2. The van der Waals surface area contributed by atoms with E-state index in [0.717, 1.165) is 5.75 Å². The number of hydrogen-bond donors (Lipinski definition) is 0. The lowest BCUT2D eigenvalue weighted by Crippen LogP contribution is -2.37. The van der Waals surface area contributed by atoms with E-state index >= 15 is 0 Å². The third kappa shape index (κ3) is 8.30. The van der Waals surface area contributed by atoms with Crippen molar-refractivity contribution in [2.45, 2.75) is 83.8 Å². The summed E-state index contributed by atoms with van der Waals surface area (Å²) in [6.45, 7) is 6.96. The SMILES string of the molecule is CCCCCCCCCC[Si](C)(CC)Oc1ccccc1. The van der Waals surface area contributed by atoms with E-state index < -0.39 is 8.32 Å². The van der Waals surface area contributed by atoms with Gasteiger partial charge in [-0.1, -0.05) is 83.4 Å². The second-order valence-corrected chi connectivity index (χ2v) is 10.8. The predicted octanol–water partition coefficient (Wildman–Crippen LogP) is 6.80. The predicted molar refractivity (Wildman–Crippen MR) is 96.6 cm³/mol. The van der Waals surface area contributed by atoms with Crippen LogP contribution in [0.3, 0.4) is 0 Å². The Labute approximate surface area is 133 Å². The molecule has 0 saturated carbocycles. The van der Waals surface area contributed by atoms with Crippen molar-refractivity contribution in [3.05, 3.63) is 30.3 Å². The second-order valence-electron chi connectivity index (χ2n) is 6.44. The molecule has 0 fully saturated rings. The molecule has 1 aromatic carbocycles. The van der Waals surface area contributed by atoms with Crippen LogP contribution < -0.4 is 4.43 Å². The zero-order valence-corrected chi connectivity index (χ0v) is 15.4. The molecule has 0 aliphatic rings. The molecule has 2 heteroatoms. The van der Waals surface area contributed by atoms with Crippen LogP contribution in [-0.4, -0.2) is 8.32 Å². The first kappa shape index (κ1) is 18.3. The van der Waals surface area contributed by atoms with E-state index in [2.05, 4.69) is 50.7 Å². The molecule has 120 valence electrons. The number of hydrogen-bond acceptors (Lipinski definition) is 1. The van der Waals surface area contributed by atoms with E-state index in [0.29, 0.717) is 0 Å². The van der Waals surface area contributed by atoms with Gasteiger partial charge in [-0.05, 0) is 30.8 Å². The Balaban J connectivity index is 2.18. The normalized spacial score (nSPS) is 13.9. The zero-order chi connectivity index (χ0) is 15.4. The van der Waals surface area contributed by atoms with Crippen LogP contribution in [0.4, 0.5) is 0 Å². The average molecular weight is 307 g/mol. The van der Waals surface area contributed by atoms with Crippen LogP contribution >= 0.6 is 0 Å². The molecule has 0 spiro atoms. The van der Waals surface area contributed by atoms with E-state index in [4.69, 9.17) is 4.43 Å². The minimum Gasteiger partial charge on any atom is -0.544 e. The molecule has 0 amide bonds. The van der Waals surface area contributed by atoms with Crippen molar-refractivity contribution < 1.29 is 4.43 Å². The van der Waals surface area contributed by atoms with Gasteiger partial charge in [0.15, 0.2) is 0 Å². The van der Waals surface area contributed by atoms with Gasteiger partial charge in [-0.15, -0.1) is 0 Å². The highest BCUT2D eigenvalue weighted by molar-refractivity contribution is 6.73. The summed E-state index contributed by atoms with van der Waals surface area (Å²) in [5.74, 6) is 1.06. The van der Waals surface area contributed by atoms with Gasteiger partial charge in [0.25, 0.3) is 0 Å². The van der Waals surface area contributed by atoms with Gasteiger partial charge in [0, 0.05) is 0 Å². The monoisotopic (exact) mass is 306 g/mol. The van der Waals surface area contributed by atoms with Gasteiger partial charge in [-0.25, -0.2) is 0 Å². The minimum absolute atomic E-state index is 1.06. The van der Waals surface area contributed by atoms with Crippen LogP contribution in [0.15, 0.2) is 30.3 Å². The number of rotatable bonds is 12. The highest BCUT2D eigenvalue weighted by Crippen LogP contribution is 2.24. The maximum atomic E-state index is 6.35. The molecule has 0 N–H and O–H groups in total. The third-order valence-electron chi connectivity index (χ3n) is 4.41. The van der Waals surface area contributed by atoms with Gasteiger partial charge in [0.05, 0.1) is 0 Å². The van der Waals surface area contributed by atoms with Gasteiger partial charge >= 0.3 is 0 Å². The standard InChI is InChI=1S/C19H34OSi/c1-4-6-7-8-9-10-11-15-18-21(3,5-2)20-19-16-13-12-14-17-19/h12-14,16-17H,4-11,15,18H2,1-3H3. The topological polar surface area (TPSA) is 9.23 Å². The van der Waals surface area contributed by atoms with Crippen LogP contribution in [0.1, 0.15) is 65.2 Å². The minimum atomic E-state index is -1.55. The Kier molecular flexibility index (Phi) is 9.48. The van der Waals surface area contributed by atoms with Gasteiger partial charge < -0.3 is 4.43 Å². The molecular formula is C19H34OSi. The summed E-state index contributed by atoms with van der Waals surface area (Å²) in [5.41, 5.74) is 0. The van der Waals surface area contributed by atoms with Crippen molar-refractivity contribution >= 4 is 8.32 Å². The van der Waals surface area contributed by atoms with E-state index in [-0.39, 0.29) is 0 Å². The van der Waals surface area contributed by atoms with E-state index in [1.54, 1.807) is 0 Å². The molecule has 1 aromatic rings. The smallest absolute Gasteiger partial charge is 0.247 e. The Morgan fingerprint density at radius 2 is 1.38 bits per heavy atom. The Morgan fingerprint density at radius 3 is 1.95 bits per heavy atom. The van der Waals surface area contributed by atoms with Gasteiger partial charge in [-0.2, -0.15) is 0 Å². The van der Waals surface area contributed by atoms with E-state index in [1.165, 1.54) is 63.5 Å². The lowest BCUT2D eigenvalue weighted by molar-refractivity contribution is 0.526. The maximum Gasteiger partial charge on any atom is 0.247 e. The van der Waals surface area contributed by atoms with Crippen LogP contribution in [-0.2, 0) is 0 Å². The molecule has 0 bridgehead atoms. The van der Waals surface area contributed by atoms with E-state index in [9.17, 15) is 0 Å². The summed E-state index contributed by atoms with van der Waals surface area (Å²) < 4.78 is 6.35. The molecule has 0 saturated heterocycles. The zero-order valence-electron chi connectivity index (χ0n) is 14.4. The van der Waals surface area contributed by atoms with Crippen molar-refractivity contribution in [2.75, 3.05) is 0 Å². The molecule has 0 aromatic heterocycles. The summed E-state index contributed by atoms with van der Waals surface area (Å²) >= 11 is 0. The third-order valence-corrected chi connectivity index (χ3v) is 8.05. The summed E-state index contributed by atoms with van der Waals surface area (Å²) in [6.07, 6.45) is 11.2. The second kappa shape index (κ2) is 10.9. The number of benzene rings is 1. The molecule has 0 aliphatic heterocycles. The Hall–Kier alpha value is -0.763. The fourth-order valence-electron chi connectivity index (χ4n) is 2.71. The lowest BCUT2D eigenvalue weighted by Gasteiger charge is -2.27. The molecule has 1 atom stereocenters. The quantitative estimate of drug-likeness (QED) is 0.305. The molecule has 0 heterocycles. The van der Waals surface area contributed by atoms with Crippen molar-refractivity contribution in [1.29, 1.82) is 0 Å². The van der Waals surface area contributed by atoms with Crippen LogP contribution in [0.5, 0.6) is 5.75 Å². The molecular weight excluding hydrogens is 272 g/mol. The van der Waals surface area contributed by atoms with Crippen LogP contribution in [0.2, 0.25) is 18.6 Å². The largest absolute Gasteiger partial charge is 0.544 e. The lowest BCUT2D eigenvalue weighted by atomic mass is 10.1. The van der Waals surface area contributed by atoms with Crippen molar-refractivity contribution in [2.24, 2.45) is 0 Å². The van der Waals surface area contributed by atoms with Gasteiger partial charge in [0.1, 0.15) is 5.75 Å². The van der Waals surface area contributed by atoms with E-state index in [1.807, 2.05) is 0 Å². The highest BCUT2D eigenvalue weighted by Gasteiger charge is 2.27. The highest BCUT2D eigenvalue weighted by atomic mass is 28.4. The number of unbranched alkanes of at least 4 members (excludes halogenated alkanes) is 7.